The Kier molecular flexibility index (Phi) is 5.64. The summed E-state index contributed by atoms with van der Waals surface area (Å²) < 4.78 is 11.0. The molecule has 0 aliphatic heterocycles. The number of nitrogens with zero attached hydrogens (tertiary/aromatic N) is 1. The van der Waals surface area contributed by atoms with E-state index >= 15 is 0 Å². The predicted octanol–water partition coefficient (Wildman–Crippen LogP) is 4.42. The summed E-state index contributed by atoms with van der Waals surface area (Å²) in [6.07, 6.45) is 3.48. The number of rotatable bonds is 5. The Hall–Kier alpha value is -2.30. The van der Waals surface area contributed by atoms with E-state index in [0.717, 1.165) is 23.4 Å². The number of amides is 1. The summed E-state index contributed by atoms with van der Waals surface area (Å²) in [6, 6.07) is 7.59. The second kappa shape index (κ2) is 7.94. The van der Waals surface area contributed by atoms with Crippen LogP contribution in [0.15, 0.2) is 28.8 Å². The van der Waals surface area contributed by atoms with E-state index in [2.05, 4.69) is 24.3 Å². The molecule has 1 saturated carbocycles. The van der Waals surface area contributed by atoms with Gasteiger partial charge in [-0.15, -0.1) is 0 Å². The highest BCUT2D eigenvalue weighted by Crippen LogP contribution is 2.29. The molecule has 26 heavy (non-hydrogen) atoms. The van der Waals surface area contributed by atoms with Crippen molar-refractivity contribution in [3.05, 3.63) is 46.8 Å². The lowest BCUT2D eigenvalue weighted by molar-refractivity contribution is 0.0890. The number of carbonyl (C=O) groups is 1. The van der Waals surface area contributed by atoms with Gasteiger partial charge in [0.1, 0.15) is 18.1 Å². The fourth-order valence-electron chi connectivity index (χ4n) is 3.63. The van der Waals surface area contributed by atoms with Crippen LogP contribution in [0, 0.1) is 25.7 Å². The normalized spacial score (nSPS) is 22.8. The first kappa shape index (κ1) is 18.5. The molecule has 3 unspecified atom stereocenters. The highest BCUT2D eigenvalue weighted by atomic mass is 16.5. The number of hydrogen-bond donors (Lipinski definition) is 1. The third kappa shape index (κ3) is 4.09. The summed E-state index contributed by atoms with van der Waals surface area (Å²) in [5.74, 6) is 2.56. The van der Waals surface area contributed by atoms with Gasteiger partial charge in [-0.3, -0.25) is 4.79 Å². The summed E-state index contributed by atoms with van der Waals surface area (Å²) >= 11 is 0. The van der Waals surface area contributed by atoms with Crippen LogP contribution in [0.25, 0.3) is 0 Å². The molecule has 0 spiro atoms. The van der Waals surface area contributed by atoms with Crippen LogP contribution in [0.5, 0.6) is 5.75 Å². The average molecular weight is 356 g/mol. The topological polar surface area (TPSA) is 64.4 Å². The number of nitrogens with one attached hydrogen (secondary N) is 1. The Bertz CT molecular complexity index is 749. The third-order valence-electron chi connectivity index (χ3n) is 5.68. The van der Waals surface area contributed by atoms with E-state index in [0.29, 0.717) is 29.8 Å². The molecule has 1 amide bonds. The third-order valence-corrected chi connectivity index (χ3v) is 5.68. The largest absolute Gasteiger partial charge is 0.489 e. The summed E-state index contributed by atoms with van der Waals surface area (Å²) in [7, 11) is 0. The van der Waals surface area contributed by atoms with E-state index in [1.807, 2.05) is 32.0 Å². The van der Waals surface area contributed by atoms with Gasteiger partial charge in [0.2, 0.25) is 0 Å². The SMILES string of the molecule is Cc1noc(C)c1COc1cccc(C(=O)NC2CCCC(C)C2C)c1. The van der Waals surface area contributed by atoms with Crippen LogP contribution in [0.1, 0.15) is 60.5 Å². The molecule has 1 fully saturated rings. The number of carbonyl (C=O) groups excluding carboxylic acids is 1. The van der Waals surface area contributed by atoms with Gasteiger partial charge >= 0.3 is 0 Å². The van der Waals surface area contributed by atoms with Crippen molar-refractivity contribution in [1.82, 2.24) is 10.5 Å². The van der Waals surface area contributed by atoms with Gasteiger partial charge < -0.3 is 14.6 Å². The van der Waals surface area contributed by atoms with E-state index in [1.165, 1.54) is 12.8 Å². The Balaban J connectivity index is 1.64. The van der Waals surface area contributed by atoms with Gasteiger partial charge in [-0.25, -0.2) is 0 Å². The highest BCUT2D eigenvalue weighted by Gasteiger charge is 2.28. The lowest BCUT2D eigenvalue weighted by atomic mass is 9.78. The zero-order valence-corrected chi connectivity index (χ0v) is 16.0. The van der Waals surface area contributed by atoms with Crippen LogP contribution in [-0.4, -0.2) is 17.1 Å². The average Bonchev–Trinajstić information content (AvgIpc) is 2.95. The Morgan fingerprint density at radius 3 is 2.85 bits per heavy atom. The molecule has 3 rings (SSSR count). The van der Waals surface area contributed by atoms with Crippen molar-refractivity contribution >= 4 is 5.91 Å². The maximum Gasteiger partial charge on any atom is 0.251 e. The number of aromatic nitrogens is 1. The van der Waals surface area contributed by atoms with Crippen molar-refractivity contribution in [2.75, 3.05) is 0 Å². The predicted molar refractivity (Wildman–Crippen MR) is 100 cm³/mol. The minimum Gasteiger partial charge on any atom is -0.489 e. The van der Waals surface area contributed by atoms with Gasteiger partial charge in [0.15, 0.2) is 0 Å². The summed E-state index contributed by atoms with van der Waals surface area (Å²) in [5, 5.41) is 7.14. The molecule has 0 saturated heterocycles. The summed E-state index contributed by atoms with van der Waals surface area (Å²) in [4.78, 5) is 12.7. The molecule has 140 valence electrons. The second-order valence-corrected chi connectivity index (χ2v) is 7.47. The molecule has 0 radical (unpaired) electrons. The fourth-order valence-corrected chi connectivity index (χ4v) is 3.63. The maximum absolute atomic E-state index is 12.7. The summed E-state index contributed by atoms with van der Waals surface area (Å²) in [5.41, 5.74) is 2.41. The van der Waals surface area contributed by atoms with Gasteiger partial charge in [0, 0.05) is 11.6 Å². The van der Waals surface area contributed by atoms with Crippen LogP contribution in [0.4, 0.5) is 0 Å². The Labute approximate surface area is 155 Å². The lowest BCUT2D eigenvalue weighted by Gasteiger charge is -2.34. The van der Waals surface area contributed by atoms with Crippen LogP contribution in [-0.2, 0) is 6.61 Å². The van der Waals surface area contributed by atoms with Crippen molar-refractivity contribution in [3.63, 3.8) is 0 Å². The smallest absolute Gasteiger partial charge is 0.251 e. The molecule has 1 aliphatic carbocycles. The molecule has 1 aromatic carbocycles. The van der Waals surface area contributed by atoms with E-state index in [9.17, 15) is 4.79 Å². The first-order valence-electron chi connectivity index (χ1n) is 9.41. The number of hydrogen-bond acceptors (Lipinski definition) is 4. The molecule has 1 heterocycles. The van der Waals surface area contributed by atoms with Crippen molar-refractivity contribution in [1.29, 1.82) is 0 Å². The molecular weight excluding hydrogens is 328 g/mol. The molecule has 1 N–H and O–H groups in total. The van der Waals surface area contributed by atoms with Crippen molar-refractivity contribution in [2.24, 2.45) is 11.8 Å². The van der Waals surface area contributed by atoms with Crippen LogP contribution in [0.2, 0.25) is 0 Å². The monoisotopic (exact) mass is 356 g/mol. The van der Waals surface area contributed by atoms with Gasteiger partial charge in [0.25, 0.3) is 5.91 Å². The van der Waals surface area contributed by atoms with E-state index in [-0.39, 0.29) is 11.9 Å². The van der Waals surface area contributed by atoms with Crippen molar-refractivity contribution in [3.8, 4) is 5.75 Å². The molecule has 5 heteroatoms. The van der Waals surface area contributed by atoms with Crippen LogP contribution in [0.3, 0.4) is 0 Å². The summed E-state index contributed by atoms with van der Waals surface area (Å²) in [6.45, 7) is 8.65. The Morgan fingerprint density at radius 1 is 1.31 bits per heavy atom. The quantitative estimate of drug-likeness (QED) is 0.861. The highest BCUT2D eigenvalue weighted by molar-refractivity contribution is 5.94. The van der Waals surface area contributed by atoms with E-state index in [1.54, 1.807) is 6.07 Å². The lowest BCUT2D eigenvalue weighted by Crippen LogP contribution is -2.43. The van der Waals surface area contributed by atoms with Gasteiger partial charge in [-0.2, -0.15) is 0 Å². The first-order valence-corrected chi connectivity index (χ1v) is 9.41. The number of aryl methyl sites for hydroxylation is 2. The molecule has 1 aliphatic rings. The standard InChI is InChI=1S/C21H28N2O3/c1-13-7-5-10-20(14(13)2)22-21(24)17-8-6-9-18(11-17)25-12-19-15(3)23-26-16(19)4/h6,8-9,11,13-14,20H,5,7,10,12H2,1-4H3,(H,22,24). The van der Waals surface area contributed by atoms with E-state index < -0.39 is 0 Å². The van der Waals surface area contributed by atoms with Gasteiger partial charge in [0.05, 0.1) is 11.3 Å². The molecule has 3 atom stereocenters. The molecule has 0 bridgehead atoms. The van der Waals surface area contributed by atoms with E-state index in [4.69, 9.17) is 9.26 Å². The minimum atomic E-state index is -0.0289. The molecular formula is C21H28N2O3. The number of ether oxygens (including phenoxy) is 1. The van der Waals surface area contributed by atoms with Crippen molar-refractivity contribution < 1.29 is 14.1 Å². The van der Waals surface area contributed by atoms with Crippen LogP contribution >= 0.6 is 0 Å². The van der Waals surface area contributed by atoms with Gasteiger partial charge in [-0.05, 0) is 50.3 Å². The Morgan fingerprint density at radius 2 is 2.12 bits per heavy atom. The van der Waals surface area contributed by atoms with Gasteiger partial charge in [-0.1, -0.05) is 37.9 Å². The van der Waals surface area contributed by atoms with Crippen molar-refractivity contribution in [2.45, 2.75) is 59.6 Å². The zero-order valence-electron chi connectivity index (χ0n) is 16.0. The first-order chi connectivity index (χ1) is 12.5. The molecule has 2 aromatic rings. The molecule has 5 nitrogen and oxygen atoms in total. The molecule has 1 aromatic heterocycles. The fraction of sp³-hybridized carbons (Fsp3) is 0.524. The zero-order chi connectivity index (χ0) is 18.7. The number of benzene rings is 1. The van der Waals surface area contributed by atoms with Crippen LogP contribution < -0.4 is 10.1 Å². The second-order valence-electron chi connectivity index (χ2n) is 7.47. The maximum atomic E-state index is 12.7. The minimum absolute atomic E-state index is 0.0289.